The summed E-state index contributed by atoms with van der Waals surface area (Å²) in [5, 5.41) is 2.53. The second kappa shape index (κ2) is 6.36. The van der Waals surface area contributed by atoms with Crippen LogP contribution in [0.4, 0.5) is 10.5 Å². The van der Waals surface area contributed by atoms with Crippen LogP contribution in [0.25, 0.3) is 0 Å². The fraction of sp³-hybridized carbons (Fsp3) is 0.273. The van der Waals surface area contributed by atoms with E-state index in [1.165, 1.54) is 7.11 Å². The number of carbonyl (C=O) groups is 2. The predicted molar refractivity (Wildman–Crippen MR) is 68.1 cm³/mol. The first kappa shape index (κ1) is 13.7. The lowest BCUT2D eigenvalue weighted by molar-refractivity contribution is -0.107. The van der Waals surface area contributed by atoms with Crippen LogP contribution < -0.4 is 11.1 Å². The third-order valence-corrected chi connectivity index (χ3v) is 2.92. The maximum atomic E-state index is 11.0. The third-order valence-electron chi connectivity index (χ3n) is 2.21. The van der Waals surface area contributed by atoms with Crippen LogP contribution in [0.15, 0.2) is 18.2 Å². The number of nitrogens with two attached hydrogens (primary N) is 1. The highest BCUT2D eigenvalue weighted by atomic mass is 79.9. The van der Waals surface area contributed by atoms with Crippen LogP contribution in [0, 0.1) is 0 Å². The van der Waals surface area contributed by atoms with Gasteiger partial charge in [0.1, 0.15) is 6.29 Å². The van der Waals surface area contributed by atoms with Crippen molar-refractivity contribution < 1.29 is 14.3 Å². The number of methoxy groups -OCH3 is 1. The average Bonchev–Trinajstić information content (AvgIpc) is 2.37. The zero-order chi connectivity index (χ0) is 12.8. The van der Waals surface area contributed by atoms with Gasteiger partial charge in [-0.2, -0.15) is 0 Å². The summed E-state index contributed by atoms with van der Waals surface area (Å²) in [6, 6.07) is 5.13. The van der Waals surface area contributed by atoms with Crippen LogP contribution in [0.1, 0.15) is 16.0 Å². The SMILES string of the molecule is COC(=O)Nc1ccc(C(Br)C=O)c(CN)c1. The lowest BCUT2D eigenvalue weighted by Gasteiger charge is -2.11. The molecule has 92 valence electrons. The Morgan fingerprint density at radius 1 is 1.65 bits per heavy atom. The van der Waals surface area contributed by atoms with Crippen molar-refractivity contribution in [2.45, 2.75) is 11.4 Å². The summed E-state index contributed by atoms with van der Waals surface area (Å²) in [6.45, 7) is 0.280. The molecule has 1 unspecified atom stereocenters. The van der Waals surface area contributed by atoms with Crippen LogP contribution in [0.5, 0.6) is 0 Å². The topological polar surface area (TPSA) is 81.4 Å². The molecule has 0 bridgehead atoms. The molecular weight excluding hydrogens is 288 g/mol. The molecule has 0 heterocycles. The van der Waals surface area contributed by atoms with Crippen LogP contribution in [0.2, 0.25) is 0 Å². The first-order valence-corrected chi connectivity index (χ1v) is 5.81. The van der Waals surface area contributed by atoms with E-state index < -0.39 is 10.9 Å². The molecule has 0 fully saturated rings. The Morgan fingerprint density at radius 3 is 2.88 bits per heavy atom. The number of hydrogen-bond donors (Lipinski definition) is 2. The molecule has 1 aromatic rings. The van der Waals surface area contributed by atoms with Gasteiger partial charge in [-0.1, -0.05) is 22.0 Å². The van der Waals surface area contributed by atoms with E-state index in [1.54, 1.807) is 18.2 Å². The number of carbonyl (C=O) groups excluding carboxylic acids is 2. The zero-order valence-electron chi connectivity index (χ0n) is 9.27. The molecule has 1 rings (SSSR count). The minimum Gasteiger partial charge on any atom is -0.453 e. The number of halogens is 1. The van der Waals surface area contributed by atoms with Gasteiger partial charge in [-0.15, -0.1) is 0 Å². The highest BCUT2D eigenvalue weighted by Crippen LogP contribution is 2.26. The number of aldehydes is 1. The number of nitrogens with one attached hydrogen (secondary N) is 1. The number of ether oxygens (including phenoxy) is 1. The van der Waals surface area contributed by atoms with Crippen molar-refractivity contribution in [2.75, 3.05) is 12.4 Å². The monoisotopic (exact) mass is 300 g/mol. The van der Waals surface area contributed by atoms with Gasteiger partial charge in [-0.3, -0.25) is 5.32 Å². The van der Waals surface area contributed by atoms with Gasteiger partial charge in [-0.25, -0.2) is 4.79 Å². The maximum absolute atomic E-state index is 11.0. The van der Waals surface area contributed by atoms with E-state index >= 15 is 0 Å². The minimum absolute atomic E-state index is 0.280. The number of amides is 1. The zero-order valence-corrected chi connectivity index (χ0v) is 10.9. The average molecular weight is 301 g/mol. The molecule has 0 aliphatic carbocycles. The van der Waals surface area contributed by atoms with Gasteiger partial charge in [0, 0.05) is 12.2 Å². The fourth-order valence-corrected chi connectivity index (χ4v) is 1.82. The Kier molecular flexibility index (Phi) is 5.11. The summed E-state index contributed by atoms with van der Waals surface area (Å²) < 4.78 is 4.48. The Bertz CT molecular complexity index is 423. The molecule has 0 radical (unpaired) electrons. The van der Waals surface area contributed by atoms with E-state index in [9.17, 15) is 9.59 Å². The Hall–Kier alpha value is -1.40. The van der Waals surface area contributed by atoms with Crippen molar-refractivity contribution >= 4 is 34.0 Å². The molecule has 17 heavy (non-hydrogen) atoms. The normalized spacial score (nSPS) is 11.7. The molecule has 1 aromatic carbocycles. The number of rotatable bonds is 4. The molecule has 1 atom stereocenters. The van der Waals surface area contributed by atoms with Gasteiger partial charge in [-0.05, 0) is 23.3 Å². The largest absolute Gasteiger partial charge is 0.453 e. The van der Waals surface area contributed by atoms with Crippen molar-refractivity contribution in [3.8, 4) is 0 Å². The van der Waals surface area contributed by atoms with E-state index in [0.29, 0.717) is 5.69 Å². The molecule has 3 N–H and O–H groups in total. The molecular formula is C11H13BrN2O3. The third kappa shape index (κ3) is 3.54. The molecule has 0 spiro atoms. The quantitative estimate of drug-likeness (QED) is 0.658. The van der Waals surface area contributed by atoms with Crippen LogP contribution >= 0.6 is 15.9 Å². The first-order valence-electron chi connectivity index (χ1n) is 4.89. The van der Waals surface area contributed by atoms with Crippen molar-refractivity contribution in [1.29, 1.82) is 0 Å². The smallest absolute Gasteiger partial charge is 0.411 e. The van der Waals surface area contributed by atoms with Gasteiger partial charge < -0.3 is 15.3 Å². The Morgan fingerprint density at radius 2 is 2.35 bits per heavy atom. The van der Waals surface area contributed by atoms with Crippen molar-refractivity contribution in [2.24, 2.45) is 5.73 Å². The fourth-order valence-electron chi connectivity index (χ4n) is 1.37. The van der Waals surface area contributed by atoms with E-state index in [0.717, 1.165) is 17.4 Å². The summed E-state index contributed by atoms with van der Waals surface area (Å²) in [7, 11) is 1.29. The second-order valence-corrected chi connectivity index (χ2v) is 4.26. The van der Waals surface area contributed by atoms with Crippen LogP contribution in [-0.2, 0) is 16.1 Å². The van der Waals surface area contributed by atoms with E-state index in [4.69, 9.17) is 5.73 Å². The van der Waals surface area contributed by atoms with Crippen LogP contribution in [0.3, 0.4) is 0 Å². The number of hydrogen-bond acceptors (Lipinski definition) is 4. The first-order chi connectivity index (χ1) is 8.12. The van der Waals surface area contributed by atoms with Gasteiger partial charge in [0.05, 0.1) is 11.9 Å². The molecule has 0 saturated heterocycles. The van der Waals surface area contributed by atoms with Crippen LogP contribution in [-0.4, -0.2) is 19.5 Å². The minimum atomic E-state index is -0.550. The highest BCUT2D eigenvalue weighted by molar-refractivity contribution is 9.09. The summed E-state index contributed by atoms with van der Waals surface area (Å²) in [5.74, 6) is 0. The van der Waals surface area contributed by atoms with Gasteiger partial charge in [0.25, 0.3) is 0 Å². The molecule has 0 saturated carbocycles. The van der Waals surface area contributed by atoms with E-state index in [-0.39, 0.29) is 6.54 Å². The maximum Gasteiger partial charge on any atom is 0.411 e. The predicted octanol–water partition coefficient (Wildman–Crippen LogP) is 1.96. The molecule has 1 amide bonds. The molecule has 0 aliphatic heterocycles. The van der Waals surface area contributed by atoms with Crippen molar-refractivity contribution in [3.63, 3.8) is 0 Å². The van der Waals surface area contributed by atoms with Gasteiger partial charge >= 0.3 is 6.09 Å². The molecule has 0 aromatic heterocycles. The number of alkyl halides is 1. The second-order valence-electron chi connectivity index (χ2n) is 3.27. The lowest BCUT2D eigenvalue weighted by Crippen LogP contribution is -2.12. The Balaban J connectivity index is 2.99. The summed E-state index contributed by atoms with van der Waals surface area (Å²) >= 11 is 3.23. The number of benzene rings is 1. The van der Waals surface area contributed by atoms with Crippen molar-refractivity contribution in [1.82, 2.24) is 0 Å². The highest BCUT2D eigenvalue weighted by Gasteiger charge is 2.11. The molecule has 0 aliphatic rings. The lowest BCUT2D eigenvalue weighted by atomic mass is 10.0. The molecule has 6 heteroatoms. The summed E-state index contributed by atoms with van der Waals surface area (Å²) in [6.07, 6.45) is 0.230. The van der Waals surface area contributed by atoms with Crippen molar-refractivity contribution in [3.05, 3.63) is 29.3 Å². The number of anilines is 1. The summed E-state index contributed by atoms with van der Waals surface area (Å²) in [5.41, 5.74) is 7.75. The van der Waals surface area contributed by atoms with E-state index in [2.05, 4.69) is 26.0 Å². The van der Waals surface area contributed by atoms with Gasteiger partial charge in [0.2, 0.25) is 0 Å². The molecule has 5 nitrogen and oxygen atoms in total. The summed E-state index contributed by atoms with van der Waals surface area (Å²) in [4.78, 5) is 21.3. The van der Waals surface area contributed by atoms with Gasteiger partial charge in [0.15, 0.2) is 0 Å². The van der Waals surface area contributed by atoms with E-state index in [1.807, 2.05) is 0 Å². The standard InChI is InChI=1S/C11H13BrN2O3/c1-17-11(16)14-8-2-3-9(10(12)6-15)7(4-8)5-13/h2-4,6,10H,5,13H2,1H3,(H,14,16). The Labute approximate surface area is 107 Å².